The molecule has 2 amide bonds. The highest BCUT2D eigenvalue weighted by Gasteiger charge is 2.28. The number of methoxy groups -OCH3 is 1. The van der Waals surface area contributed by atoms with Crippen molar-refractivity contribution in [2.24, 2.45) is 5.73 Å². The fourth-order valence-corrected chi connectivity index (χ4v) is 4.53. The Balaban J connectivity index is 0.000000566. The standard InChI is InChI=1S/C14H25N6O5P.C7H6Cl2/c1-9(14(23)25-2)19-26(24)20-5-3-10(4-6-20)18-13(22)12(16)11(7-15)17-8-21;1-5-6(8)3-2-4-7(5)9/h7-10,15,19,24H,3-6,16H2,1-2H3,(H,17,21)(H,18,22);2-4H,1H3/b12-11+,15-7?;. The first-order valence-corrected chi connectivity index (χ1v) is 12.6. The predicted molar refractivity (Wildman–Crippen MR) is 137 cm³/mol. The number of esters is 1. The van der Waals surface area contributed by atoms with Crippen LogP contribution in [-0.4, -0.2) is 66.3 Å². The molecule has 14 heteroatoms. The summed E-state index contributed by atoms with van der Waals surface area (Å²) >= 11 is 11.5. The average Bonchev–Trinajstić information content (AvgIpc) is 2.85. The van der Waals surface area contributed by atoms with E-state index in [0.717, 1.165) is 21.8 Å². The van der Waals surface area contributed by atoms with Gasteiger partial charge in [0.15, 0.2) is 8.45 Å². The highest BCUT2D eigenvalue weighted by Crippen LogP contribution is 2.34. The van der Waals surface area contributed by atoms with Crippen molar-refractivity contribution in [1.82, 2.24) is 20.4 Å². The summed E-state index contributed by atoms with van der Waals surface area (Å²) in [6, 6.07) is 4.70. The number of nitrogens with zero attached hydrogens (tertiary/aromatic N) is 1. The quantitative estimate of drug-likeness (QED) is 0.0891. The molecular formula is C21H31Cl2N6O5P. The Labute approximate surface area is 215 Å². The fraction of sp³-hybridized carbons (Fsp3) is 0.429. The lowest BCUT2D eigenvalue weighted by Crippen LogP contribution is -2.46. The number of rotatable bonds is 9. The van der Waals surface area contributed by atoms with E-state index in [1.54, 1.807) is 11.6 Å². The van der Waals surface area contributed by atoms with Crippen LogP contribution in [-0.2, 0) is 19.1 Å². The Morgan fingerprint density at radius 1 is 1.31 bits per heavy atom. The number of piperidine rings is 1. The normalized spacial score (nSPS) is 16.5. The van der Waals surface area contributed by atoms with Crippen molar-refractivity contribution >= 4 is 56.2 Å². The molecule has 0 bridgehead atoms. The van der Waals surface area contributed by atoms with Crippen LogP contribution in [0.3, 0.4) is 0 Å². The van der Waals surface area contributed by atoms with E-state index < -0.39 is 26.4 Å². The first-order valence-electron chi connectivity index (χ1n) is 10.5. The number of hydrogen-bond acceptors (Lipinski definition) is 9. The van der Waals surface area contributed by atoms with Gasteiger partial charge in [-0.15, -0.1) is 0 Å². The van der Waals surface area contributed by atoms with Gasteiger partial charge in [-0.3, -0.25) is 14.4 Å². The van der Waals surface area contributed by atoms with Gasteiger partial charge < -0.3 is 31.4 Å². The van der Waals surface area contributed by atoms with Crippen molar-refractivity contribution in [3.05, 3.63) is 45.2 Å². The van der Waals surface area contributed by atoms with E-state index in [1.165, 1.54) is 7.11 Å². The monoisotopic (exact) mass is 548 g/mol. The van der Waals surface area contributed by atoms with Crippen LogP contribution in [0, 0.1) is 12.3 Å². The van der Waals surface area contributed by atoms with Gasteiger partial charge in [-0.05, 0) is 44.4 Å². The summed E-state index contributed by atoms with van der Waals surface area (Å²) in [6.07, 6.45) is 2.28. The van der Waals surface area contributed by atoms with E-state index in [1.807, 2.05) is 25.1 Å². The number of hydrogen-bond donors (Lipinski definition) is 6. The molecule has 2 atom stereocenters. The summed E-state index contributed by atoms with van der Waals surface area (Å²) in [5.74, 6) is -1.03. The number of halogens is 2. The summed E-state index contributed by atoms with van der Waals surface area (Å²) in [7, 11) is -0.408. The molecule has 1 fully saturated rings. The molecule has 35 heavy (non-hydrogen) atoms. The van der Waals surface area contributed by atoms with Crippen molar-refractivity contribution in [2.75, 3.05) is 20.2 Å². The molecule has 2 rings (SSSR count). The van der Waals surface area contributed by atoms with E-state index in [9.17, 15) is 19.3 Å². The van der Waals surface area contributed by atoms with E-state index >= 15 is 0 Å². The highest BCUT2D eigenvalue weighted by atomic mass is 35.5. The van der Waals surface area contributed by atoms with Gasteiger partial charge in [0.2, 0.25) is 6.41 Å². The number of carbonyl (C=O) groups excluding carboxylic acids is 3. The summed E-state index contributed by atoms with van der Waals surface area (Å²) in [5, 5.41) is 16.3. The maximum atomic E-state index is 12.1. The Morgan fingerprint density at radius 3 is 2.34 bits per heavy atom. The minimum atomic E-state index is -1.69. The molecule has 1 heterocycles. The molecule has 1 aliphatic rings. The van der Waals surface area contributed by atoms with Crippen LogP contribution in [0.4, 0.5) is 0 Å². The van der Waals surface area contributed by atoms with Gasteiger partial charge >= 0.3 is 5.97 Å². The molecule has 0 spiro atoms. The van der Waals surface area contributed by atoms with Gasteiger partial charge in [-0.1, -0.05) is 29.3 Å². The number of ether oxygens (including phenoxy) is 1. The molecule has 11 nitrogen and oxygen atoms in total. The van der Waals surface area contributed by atoms with Gasteiger partial charge in [-0.25, -0.2) is 9.76 Å². The van der Waals surface area contributed by atoms with Crippen molar-refractivity contribution in [2.45, 2.75) is 38.8 Å². The van der Waals surface area contributed by atoms with Crippen molar-refractivity contribution in [1.29, 1.82) is 5.41 Å². The largest absolute Gasteiger partial charge is 0.468 e. The average molecular weight is 549 g/mol. The topological polar surface area (TPSA) is 170 Å². The Morgan fingerprint density at radius 2 is 1.89 bits per heavy atom. The summed E-state index contributed by atoms with van der Waals surface area (Å²) < 4.78 is 6.40. The predicted octanol–water partition coefficient (Wildman–Crippen LogP) is 1.80. The maximum Gasteiger partial charge on any atom is 0.322 e. The minimum Gasteiger partial charge on any atom is -0.468 e. The zero-order valence-corrected chi connectivity index (χ0v) is 22.1. The molecule has 1 saturated heterocycles. The number of allylic oxidation sites excluding steroid dienone is 1. The van der Waals surface area contributed by atoms with Crippen LogP contribution in [0.5, 0.6) is 0 Å². The molecule has 1 aromatic rings. The Bertz CT molecular complexity index is 907. The third-order valence-corrected chi connectivity index (χ3v) is 7.41. The number of carbonyl (C=O) groups is 3. The highest BCUT2D eigenvalue weighted by molar-refractivity contribution is 7.46. The van der Waals surface area contributed by atoms with Crippen LogP contribution < -0.4 is 21.5 Å². The lowest BCUT2D eigenvalue weighted by Gasteiger charge is -2.35. The first-order chi connectivity index (χ1) is 16.5. The number of nitrogens with one attached hydrogen (secondary N) is 4. The van der Waals surface area contributed by atoms with E-state index in [2.05, 4.69) is 20.5 Å². The summed E-state index contributed by atoms with van der Waals surface area (Å²) in [6.45, 7) is 4.53. The second kappa shape index (κ2) is 15.7. The van der Waals surface area contributed by atoms with E-state index in [-0.39, 0.29) is 17.4 Å². The van der Waals surface area contributed by atoms with Crippen LogP contribution in [0.1, 0.15) is 25.3 Å². The zero-order chi connectivity index (χ0) is 26.5. The smallest absolute Gasteiger partial charge is 0.322 e. The summed E-state index contributed by atoms with van der Waals surface area (Å²) in [4.78, 5) is 44.1. The zero-order valence-electron chi connectivity index (χ0n) is 19.7. The van der Waals surface area contributed by atoms with Crippen molar-refractivity contribution in [3.8, 4) is 0 Å². The molecule has 0 aliphatic carbocycles. The van der Waals surface area contributed by atoms with Crippen molar-refractivity contribution < 1.29 is 24.0 Å². The van der Waals surface area contributed by atoms with Crippen molar-refractivity contribution in [3.63, 3.8) is 0 Å². The Kier molecular flexibility index (Phi) is 13.8. The van der Waals surface area contributed by atoms with Gasteiger partial charge in [-0.2, -0.15) is 0 Å². The van der Waals surface area contributed by atoms with E-state index in [4.69, 9.17) is 34.3 Å². The van der Waals surface area contributed by atoms with Crippen LogP contribution in [0.25, 0.3) is 0 Å². The molecule has 0 aromatic heterocycles. The number of benzene rings is 1. The third kappa shape index (κ3) is 10.1. The summed E-state index contributed by atoms with van der Waals surface area (Å²) in [5.41, 5.74) is 6.27. The second-order valence-corrected chi connectivity index (χ2v) is 9.66. The van der Waals surface area contributed by atoms with Gasteiger partial charge in [0.05, 0.1) is 12.8 Å². The lowest BCUT2D eigenvalue weighted by atomic mass is 10.1. The second-order valence-electron chi connectivity index (χ2n) is 7.45. The fourth-order valence-electron chi connectivity index (χ4n) is 2.91. The molecule has 0 saturated carbocycles. The molecule has 1 aliphatic heterocycles. The molecule has 0 radical (unpaired) electrons. The third-order valence-electron chi connectivity index (χ3n) is 5.03. The molecular weight excluding hydrogens is 518 g/mol. The lowest BCUT2D eigenvalue weighted by molar-refractivity contribution is -0.142. The first kappa shape index (κ1) is 30.8. The molecule has 7 N–H and O–H groups in total. The number of nitrogens with two attached hydrogens (primary N) is 1. The minimum absolute atomic E-state index is 0.0742. The van der Waals surface area contributed by atoms with Crippen LogP contribution in [0.15, 0.2) is 29.6 Å². The van der Waals surface area contributed by atoms with Gasteiger partial charge in [0.25, 0.3) is 5.91 Å². The number of amides is 2. The maximum absolute atomic E-state index is 12.1. The molecule has 1 aromatic carbocycles. The molecule has 2 unspecified atom stereocenters. The van der Waals surface area contributed by atoms with Gasteiger partial charge in [0, 0.05) is 35.4 Å². The van der Waals surface area contributed by atoms with Crippen LogP contribution >= 0.6 is 31.7 Å². The van der Waals surface area contributed by atoms with Crippen LogP contribution in [0.2, 0.25) is 10.0 Å². The van der Waals surface area contributed by atoms with Gasteiger partial charge in [0.1, 0.15) is 11.7 Å². The van der Waals surface area contributed by atoms with E-state index in [0.29, 0.717) is 32.3 Å². The Hall–Kier alpha value is -2.27. The SMILES string of the molecule is COC(=O)C(C)NP(O)N1CCC(NC(=O)/C(N)=C(/C=N)NC=O)CC1.Cc1c(Cl)cccc1Cl. The molecule has 194 valence electrons.